The van der Waals surface area contributed by atoms with Crippen LogP contribution in [-0.4, -0.2) is 23.9 Å². The van der Waals surface area contributed by atoms with E-state index in [2.05, 4.69) is 6.07 Å². The van der Waals surface area contributed by atoms with Crippen LogP contribution in [0.5, 0.6) is 0 Å². The van der Waals surface area contributed by atoms with E-state index in [1.54, 1.807) is 7.11 Å². The van der Waals surface area contributed by atoms with Crippen molar-refractivity contribution in [2.24, 2.45) is 5.41 Å². The normalized spacial score (nSPS) is 41.5. The fourth-order valence-electron chi connectivity index (χ4n) is 2.46. The van der Waals surface area contributed by atoms with E-state index in [4.69, 9.17) is 10.00 Å². The minimum atomic E-state index is -0.749. The lowest BCUT2D eigenvalue weighted by Gasteiger charge is -2.55. The quantitative estimate of drug-likeness (QED) is 0.696. The molecule has 2 aliphatic rings. The summed E-state index contributed by atoms with van der Waals surface area (Å²) in [5.41, 5.74) is -1.19. The van der Waals surface area contributed by atoms with Crippen molar-refractivity contribution in [3.05, 3.63) is 0 Å². The van der Waals surface area contributed by atoms with Gasteiger partial charge in [-0.25, -0.2) is 0 Å². The molecule has 2 rings (SSSR count). The van der Waals surface area contributed by atoms with Gasteiger partial charge in [0.25, 0.3) is 0 Å². The van der Waals surface area contributed by atoms with E-state index in [0.29, 0.717) is 12.8 Å². The topological polar surface area (TPSA) is 53.2 Å². The lowest BCUT2D eigenvalue weighted by atomic mass is 9.52. The van der Waals surface area contributed by atoms with Crippen molar-refractivity contribution in [2.75, 3.05) is 7.11 Å². The third kappa shape index (κ3) is 1.02. The Morgan fingerprint density at radius 2 is 2.08 bits per heavy atom. The zero-order valence-corrected chi connectivity index (χ0v) is 7.92. The molecule has 0 aromatic carbocycles. The van der Waals surface area contributed by atoms with E-state index in [1.165, 1.54) is 0 Å². The van der Waals surface area contributed by atoms with Crippen LogP contribution in [0.15, 0.2) is 0 Å². The van der Waals surface area contributed by atoms with Gasteiger partial charge in [0, 0.05) is 20.0 Å². The van der Waals surface area contributed by atoms with E-state index in [-0.39, 0.29) is 6.10 Å². The van der Waals surface area contributed by atoms with Crippen molar-refractivity contribution in [3.63, 3.8) is 0 Å². The summed E-state index contributed by atoms with van der Waals surface area (Å²) < 4.78 is 5.12. The first-order chi connectivity index (χ1) is 6.16. The molecular weight excluding hydrogens is 166 g/mol. The van der Waals surface area contributed by atoms with Gasteiger partial charge >= 0.3 is 0 Å². The fourth-order valence-corrected chi connectivity index (χ4v) is 2.46. The molecule has 2 saturated carbocycles. The summed E-state index contributed by atoms with van der Waals surface area (Å²) in [5.74, 6) is 0. The van der Waals surface area contributed by atoms with Crippen molar-refractivity contribution in [3.8, 4) is 6.07 Å². The van der Waals surface area contributed by atoms with Crippen molar-refractivity contribution >= 4 is 0 Å². The minimum absolute atomic E-state index is 0.163. The van der Waals surface area contributed by atoms with Crippen molar-refractivity contribution in [1.29, 1.82) is 5.26 Å². The number of nitrogens with zero attached hydrogens (tertiary/aromatic N) is 1. The van der Waals surface area contributed by atoms with Gasteiger partial charge < -0.3 is 9.84 Å². The maximum atomic E-state index is 10.2. The molecule has 0 atom stereocenters. The Morgan fingerprint density at radius 1 is 1.46 bits per heavy atom. The zero-order valence-electron chi connectivity index (χ0n) is 7.92. The SMILES string of the molecule is COC1CC(O)(C2(C#N)CCC2)C1. The van der Waals surface area contributed by atoms with Crippen LogP contribution in [0.2, 0.25) is 0 Å². The first kappa shape index (κ1) is 8.98. The molecule has 0 amide bonds. The van der Waals surface area contributed by atoms with Crippen LogP contribution in [0.4, 0.5) is 0 Å². The number of nitriles is 1. The molecule has 0 saturated heterocycles. The number of hydrogen-bond donors (Lipinski definition) is 1. The standard InChI is InChI=1S/C10H15NO2/c1-13-8-5-10(12,6-8)9(7-11)3-2-4-9/h8,12H,2-6H2,1H3. The van der Waals surface area contributed by atoms with E-state index < -0.39 is 11.0 Å². The Labute approximate surface area is 78.3 Å². The smallest absolute Gasteiger partial charge is 0.0882 e. The molecule has 0 aliphatic heterocycles. The van der Waals surface area contributed by atoms with Gasteiger partial charge in [0.05, 0.1) is 23.2 Å². The molecule has 0 radical (unpaired) electrons. The van der Waals surface area contributed by atoms with Gasteiger partial charge in [0.2, 0.25) is 0 Å². The molecule has 2 aliphatic carbocycles. The van der Waals surface area contributed by atoms with Crippen LogP contribution in [0, 0.1) is 16.7 Å². The van der Waals surface area contributed by atoms with Gasteiger partial charge in [-0.1, -0.05) is 6.42 Å². The van der Waals surface area contributed by atoms with Gasteiger partial charge in [-0.05, 0) is 12.8 Å². The van der Waals surface area contributed by atoms with E-state index in [1.807, 2.05) is 0 Å². The number of methoxy groups -OCH3 is 1. The molecule has 0 aromatic rings. The Hall–Kier alpha value is -0.590. The summed E-state index contributed by atoms with van der Waals surface area (Å²) >= 11 is 0. The van der Waals surface area contributed by atoms with Gasteiger partial charge in [0.1, 0.15) is 0 Å². The Balaban J connectivity index is 2.05. The van der Waals surface area contributed by atoms with E-state index in [0.717, 1.165) is 19.3 Å². The fraction of sp³-hybridized carbons (Fsp3) is 0.900. The average Bonchev–Trinajstić information content (AvgIpc) is 1.98. The maximum Gasteiger partial charge on any atom is 0.0882 e. The predicted octanol–water partition coefficient (Wildman–Crippen LogP) is 1.22. The third-order valence-electron chi connectivity index (χ3n) is 3.78. The average molecular weight is 181 g/mol. The Kier molecular flexibility index (Phi) is 1.86. The van der Waals surface area contributed by atoms with Crippen molar-refractivity contribution in [1.82, 2.24) is 0 Å². The van der Waals surface area contributed by atoms with Gasteiger partial charge in [-0.15, -0.1) is 0 Å². The van der Waals surface area contributed by atoms with Gasteiger partial charge in [-0.3, -0.25) is 0 Å². The number of rotatable bonds is 2. The first-order valence-corrected chi connectivity index (χ1v) is 4.82. The second-order valence-electron chi connectivity index (χ2n) is 4.35. The largest absolute Gasteiger partial charge is 0.388 e. The molecule has 13 heavy (non-hydrogen) atoms. The summed E-state index contributed by atoms with van der Waals surface area (Å²) in [7, 11) is 1.66. The van der Waals surface area contributed by atoms with Crippen LogP contribution in [0.25, 0.3) is 0 Å². The van der Waals surface area contributed by atoms with Crippen LogP contribution >= 0.6 is 0 Å². The number of hydrogen-bond acceptors (Lipinski definition) is 3. The van der Waals surface area contributed by atoms with E-state index >= 15 is 0 Å². The van der Waals surface area contributed by atoms with Crippen LogP contribution < -0.4 is 0 Å². The summed E-state index contributed by atoms with van der Waals surface area (Å²) in [5, 5.41) is 19.2. The Bertz CT molecular complexity index is 246. The molecule has 0 bridgehead atoms. The summed E-state index contributed by atoms with van der Waals surface area (Å²) in [6, 6.07) is 2.30. The second-order valence-corrected chi connectivity index (χ2v) is 4.35. The number of aliphatic hydroxyl groups is 1. The maximum absolute atomic E-state index is 10.2. The molecule has 0 unspecified atom stereocenters. The lowest BCUT2D eigenvalue weighted by molar-refractivity contribution is -0.199. The highest BCUT2D eigenvalue weighted by Crippen LogP contribution is 2.57. The van der Waals surface area contributed by atoms with Crippen molar-refractivity contribution in [2.45, 2.75) is 43.8 Å². The highest BCUT2D eigenvalue weighted by Gasteiger charge is 2.60. The lowest BCUT2D eigenvalue weighted by Crippen LogP contribution is -2.61. The molecular formula is C10H15NO2. The summed E-state index contributed by atoms with van der Waals surface area (Å²) in [4.78, 5) is 0. The van der Waals surface area contributed by atoms with Gasteiger partial charge in [-0.2, -0.15) is 5.26 Å². The van der Waals surface area contributed by atoms with Crippen LogP contribution in [-0.2, 0) is 4.74 Å². The second kappa shape index (κ2) is 2.70. The molecule has 72 valence electrons. The van der Waals surface area contributed by atoms with Crippen LogP contribution in [0.1, 0.15) is 32.1 Å². The van der Waals surface area contributed by atoms with Gasteiger partial charge in [0.15, 0.2) is 0 Å². The summed E-state index contributed by atoms with van der Waals surface area (Å²) in [6.45, 7) is 0. The minimum Gasteiger partial charge on any atom is -0.388 e. The van der Waals surface area contributed by atoms with Crippen LogP contribution in [0.3, 0.4) is 0 Å². The highest BCUT2D eigenvalue weighted by atomic mass is 16.5. The monoisotopic (exact) mass is 181 g/mol. The van der Waals surface area contributed by atoms with E-state index in [9.17, 15) is 5.11 Å². The molecule has 3 nitrogen and oxygen atoms in total. The molecule has 3 heteroatoms. The first-order valence-electron chi connectivity index (χ1n) is 4.82. The zero-order chi connectivity index (χ0) is 9.53. The molecule has 2 fully saturated rings. The van der Waals surface area contributed by atoms with Crippen molar-refractivity contribution < 1.29 is 9.84 Å². The highest BCUT2D eigenvalue weighted by molar-refractivity contribution is 5.20. The summed E-state index contributed by atoms with van der Waals surface area (Å²) in [6.07, 6.45) is 4.23. The third-order valence-corrected chi connectivity index (χ3v) is 3.78. The Morgan fingerprint density at radius 3 is 2.38 bits per heavy atom. The number of ether oxygens (including phenoxy) is 1. The molecule has 0 heterocycles. The molecule has 1 N–H and O–H groups in total. The molecule has 0 spiro atoms. The predicted molar refractivity (Wildman–Crippen MR) is 46.9 cm³/mol. The molecule has 0 aromatic heterocycles.